The van der Waals surface area contributed by atoms with Gasteiger partial charge < -0.3 is 10.2 Å². The number of benzene rings is 2. The normalized spacial score (nSPS) is 17.2. The summed E-state index contributed by atoms with van der Waals surface area (Å²) in [6, 6.07) is 11.7. The molecule has 0 saturated carbocycles. The second-order valence-corrected chi connectivity index (χ2v) is 7.90. The van der Waals surface area contributed by atoms with Gasteiger partial charge in [0.25, 0.3) is 17.7 Å². The van der Waals surface area contributed by atoms with Crippen molar-refractivity contribution in [2.24, 2.45) is 0 Å². The first-order valence-electron chi connectivity index (χ1n) is 10.2. The molecular formula is C23H21ClFN3O3. The van der Waals surface area contributed by atoms with Crippen LogP contribution in [0.2, 0.25) is 0 Å². The van der Waals surface area contributed by atoms with E-state index in [0.717, 1.165) is 55.8 Å². The number of amides is 3. The molecule has 1 N–H and O–H groups in total. The van der Waals surface area contributed by atoms with Gasteiger partial charge in [-0.05, 0) is 55.3 Å². The quantitative estimate of drug-likeness (QED) is 0.719. The molecule has 31 heavy (non-hydrogen) atoms. The van der Waals surface area contributed by atoms with Crippen LogP contribution in [0.15, 0.2) is 59.3 Å². The third-order valence-electron chi connectivity index (χ3n) is 5.38. The maximum Gasteiger partial charge on any atom is 0.283 e. The highest BCUT2D eigenvalue weighted by Gasteiger charge is 2.39. The zero-order valence-electron chi connectivity index (χ0n) is 16.7. The molecule has 0 unspecified atom stereocenters. The monoisotopic (exact) mass is 441 g/mol. The number of anilines is 2. The highest BCUT2D eigenvalue weighted by Crippen LogP contribution is 2.30. The van der Waals surface area contributed by atoms with Crippen molar-refractivity contribution < 1.29 is 18.8 Å². The zero-order chi connectivity index (χ0) is 22.0. The van der Waals surface area contributed by atoms with E-state index in [9.17, 15) is 18.8 Å². The molecule has 0 atom stereocenters. The topological polar surface area (TPSA) is 69.7 Å². The Morgan fingerprint density at radius 2 is 1.61 bits per heavy atom. The number of nitrogens with one attached hydrogen (secondary N) is 1. The van der Waals surface area contributed by atoms with Crippen molar-refractivity contribution in [3.8, 4) is 0 Å². The molecule has 2 aromatic carbocycles. The van der Waals surface area contributed by atoms with Crippen molar-refractivity contribution in [3.05, 3.63) is 70.6 Å². The summed E-state index contributed by atoms with van der Waals surface area (Å²) in [7, 11) is 0. The van der Waals surface area contributed by atoms with Crippen LogP contribution in [0.3, 0.4) is 0 Å². The largest absolute Gasteiger partial charge is 0.350 e. The van der Waals surface area contributed by atoms with Crippen LogP contribution in [0.4, 0.5) is 15.8 Å². The molecule has 0 radical (unpaired) electrons. The Labute approximate surface area is 184 Å². The minimum atomic E-state index is -0.697. The lowest BCUT2D eigenvalue weighted by Gasteiger charge is -2.20. The van der Waals surface area contributed by atoms with Gasteiger partial charge >= 0.3 is 0 Å². The van der Waals surface area contributed by atoms with Crippen molar-refractivity contribution in [1.82, 2.24) is 4.90 Å². The average Bonchev–Trinajstić information content (AvgIpc) is 2.98. The smallest absolute Gasteiger partial charge is 0.283 e. The van der Waals surface area contributed by atoms with Crippen molar-refractivity contribution in [2.45, 2.75) is 25.7 Å². The van der Waals surface area contributed by atoms with E-state index >= 15 is 0 Å². The minimum absolute atomic E-state index is 0.0626. The zero-order valence-corrected chi connectivity index (χ0v) is 17.5. The van der Waals surface area contributed by atoms with Crippen LogP contribution in [0, 0.1) is 5.82 Å². The van der Waals surface area contributed by atoms with Crippen molar-refractivity contribution in [1.29, 1.82) is 0 Å². The number of hydrogen-bond acceptors (Lipinski definition) is 4. The third kappa shape index (κ3) is 4.32. The van der Waals surface area contributed by atoms with Gasteiger partial charge in [-0.2, -0.15) is 0 Å². The molecule has 0 spiro atoms. The van der Waals surface area contributed by atoms with E-state index in [1.807, 2.05) is 4.90 Å². The summed E-state index contributed by atoms with van der Waals surface area (Å²) in [5, 5.41) is 2.62. The molecule has 4 rings (SSSR count). The van der Waals surface area contributed by atoms with Crippen LogP contribution >= 0.6 is 11.6 Å². The SMILES string of the molecule is O=C(c1cccc(NC2=C(Cl)C(=O)N(c3ccc(F)cc3)C2=O)c1)N1CCCCCC1. The number of imide groups is 1. The van der Waals surface area contributed by atoms with Crippen molar-refractivity contribution in [3.63, 3.8) is 0 Å². The van der Waals surface area contributed by atoms with Gasteiger partial charge in [-0.25, -0.2) is 9.29 Å². The molecule has 160 valence electrons. The minimum Gasteiger partial charge on any atom is -0.350 e. The van der Waals surface area contributed by atoms with E-state index in [1.54, 1.807) is 24.3 Å². The lowest BCUT2D eigenvalue weighted by molar-refractivity contribution is -0.120. The standard InChI is InChI=1S/C23H21ClFN3O3/c24-19-20(23(31)28(22(19)30)18-10-8-16(25)9-11-18)26-17-7-5-6-15(14-17)21(29)27-12-3-1-2-4-13-27/h5-11,14,26H,1-4,12-13H2. The van der Waals surface area contributed by atoms with Gasteiger partial charge in [0.05, 0.1) is 5.69 Å². The van der Waals surface area contributed by atoms with Crippen LogP contribution in [-0.4, -0.2) is 35.7 Å². The van der Waals surface area contributed by atoms with Gasteiger partial charge in [0.2, 0.25) is 0 Å². The first-order chi connectivity index (χ1) is 15.0. The van der Waals surface area contributed by atoms with E-state index in [1.165, 1.54) is 12.1 Å². The second kappa shape index (κ2) is 8.89. The highest BCUT2D eigenvalue weighted by atomic mass is 35.5. The van der Waals surface area contributed by atoms with E-state index in [2.05, 4.69) is 5.32 Å². The molecule has 0 aliphatic carbocycles. The molecule has 6 nitrogen and oxygen atoms in total. The van der Waals surface area contributed by atoms with E-state index in [-0.39, 0.29) is 22.3 Å². The van der Waals surface area contributed by atoms with Crippen LogP contribution in [0.5, 0.6) is 0 Å². The lowest BCUT2D eigenvalue weighted by atomic mass is 10.1. The first-order valence-corrected chi connectivity index (χ1v) is 10.5. The molecule has 2 aliphatic heterocycles. The predicted molar refractivity (Wildman–Crippen MR) is 116 cm³/mol. The Morgan fingerprint density at radius 3 is 2.29 bits per heavy atom. The van der Waals surface area contributed by atoms with E-state index < -0.39 is 17.6 Å². The molecule has 3 amide bonds. The molecule has 1 saturated heterocycles. The summed E-state index contributed by atoms with van der Waals surface area (Å²) in [4.78, 5) is 41.0. The summed E-state index contributed by atoms with van der Waals surface area (Å²) >= 11 is 6.15. The van der Waals surface area contributed by atoms with Crippen LogP contribution < -0.4 is 10.2 Å². The van der Waals surface area contributed by atoms with Gasteiger partial charge in [-0.3, -0.25) is 14.4 Å². The average molecular weight is 442 g/mol. The fourth-order valence-corrected chi connectivity index (χ4v) is 3.98. The molecule has 1 fully saturated rings. The van der Waals surface area contributed by atoms with E-state index in [0.29, 0.717) is 11.3 Å². The molecular weight excluding hydrogens is 421 g/mol. The number of likely N-dealkylation sites (tertiary alicyclic amines) is 1. The fraction of sp³-hybridized carbons (Fsp3) is 0.261. The molecule has 2 aromatic rings. The number of carbonyl (C=O) groups is 3. The molecule has 8 heteroatoms. The molecule has 0 bridgehead atoms. The van der Waals surface area contributed by atoms with Crippen molar-refractivity contribution in [2.75, 3.05) is 23.3 Å². The molecule has 2 heterocycles. The number of carbonyl (C=O) groups excluding carboxylic acids is 3. The fourth-order valence-electron chi connectivity index (χ4n) is 3.77. The number of rotatable bonds is 4. The van der Waals surface area contributed by atoms with E-state index in [4.69, 9.17) is 11.6 Å². The third-order valence-corrected chi connectivity index (χ3v) is 5.73. The van der Waals surface area contributed by atoms with Crippen LogP contribution in [0.1, 0.15) is 36.0 Å². The Kier molecular flexibility index (Phi) is 6.04. The van der Waals surface area contributed by atoms with Crippen LogP contribution in [0.25, 0.3) is 0 Å². The predicted octanol–water partition coefficient (Wildman–Crippen LogP) is 4.28. The summed E-state index contributed by atoms with van der Waals surface area (Å²) in [5.41, 5.74) is 1.10. The summed E-state index contributed by atoms with van der Waals surface area (Å²) in [6.07, 6.45) is 4.22. The van der Waals surface area contributed by atoms with Gasteiger partial charge in [0, 0.05) is 24.3 Å². The molecule has 2 aliphatic rings. The Bertz CT molecular complexity index is 1060. The summed E-state index contributed by atoms with van der Waals surface area (Å²) in [5.74, 6) is -1.89. The number of nitrogens with zero attached hydrogens (tertiary/aromatic N) is 2. The first kappa shape index (κ1) is 21.1. The van der Waals surface area contributed by atoms with Crippen LogP contribution in [-0.2, 0) is 9.59 Å². The summed E-state index contributed by atoms with van der Waals surface area (Å²) in [6.45, 7) is 1.46. The van der Waals surface area contributed by atoms with Gasteiger partial charge in [0.1, 0.15) is 16.5 Å². The van der Waals surface area contributed by atoms with Crippen molar-refractivity contribution >= 4 is 40.7 Å². The van der Waals surface area contributed by atoms with Gasteiger partial charge in [-0.1, -0.05) is 30.5 Å². The Balaban J connectivity index is 1.54. The highest BCUT2D eigenvalue weighted by molar-refractivity contribution is 6.53. The summed E-state index contributed by atoms with van der Waals surface area (Å²) < 4.78 is 13.2. The Hall–Kier alpha value is -3.19. The second-order valence-electron chi connectivity index (χ2n) is 7.52. The lowest BCUT2D eigenvalue weighted by Crippen LogP contribution is -2.32. The van der Waals surface area contributed by atoms with Gasteiger partial charge in [0.15, 0.2) is 0 Å². The molecule has 0 aromatic heterocycles. The number of halogens is 2. The maximum atomic E-state index is 13.2. The Morgan fingerprint density at radius 1 is 0.935 bits per heavy atom. The van der Waals surface area contributed by atoms with Gasteiger partial charge in [-0.15, -0.1) is 0 Å². The maximum absolute atomic E-state index is 13.2. The number of hydrogen-bond donors (Lipinski definition) is 1.